The molecule has 1 aromatic rings. The topological polar surface area (TPSA) is 76.8 Å². The molecule has 1 aromatic carbocycles. The number of nitrogens with zero attached hydrogens (tertiary/aromatic N) is 1. The summed E-state index contributed by atoms with van der Waals surface area (Å²) in [6.45, 7) is 4.13. The maximum absolute atomic E-state index is 12.1. The van der Waals surface area contributed by atoms with Gasteiger partial charge in [-0.1, -0.05) is 30.3 Å². The van der Waals surface area contributed by atoms with Crippen LogP contribution in [0.3, 0.4) is 0 Å². The highest BCUT2D eigenvalue weighted by atomic mass is 16.5. The fraction of sp³-hybridized carbons (Fsp3) is 0.588. The Balaban J connectivity index is 1.96. The Morgan fingerprint density at radius 2 is 2.04 bits per heavy atom. The van der Waals surface area contributed by atoms with Crippen LogP contribution in [0.15, 0.2) is 30.3 Å². The normalized spacial score (nSPS) is 18.3. The number of nitrogens with two attached hydrogens (primary N) is 1. The minimum atomic E-state index is -0.228. The van der Waals surface area contributed by atoms with Crippen molar-refractivity contribution < 1.29 is 14.3 Å². The van der Waals surface area contributed by atoms with Gasteiger partial charge in [0.2, 0.25) is 5.91 Å². The Morgan fingerprint density at radius 3 is 2.65 bits per heavy atom. The quantitative estimate of drug-likeness (QED) is 0.731. The van der Waals surface area contributed by atoms with Crippen molar-refractivity contribution in [2.24, 2.45) is 5.73 Å². The van der Waals surface area contributed by atoms with Crippen LogP contribution in [-0.4, -0.2) is 63.4 Å². The standard InChI is InChI=1S/C17H27N3O3/c1-22-15(12-18)11-17(21)19-13-16(14-5-3-2-4-6-14)20-7-9-23-10-8-20/h2-6,15-16H,7-13,18H2,1H3,(H,19,21). The Kier molecular flexibility index (Phi) is 7.48. The van der Waals surface area contributed by atoms with Gasteiger partial charge in [0.15, 0.2) is 0 Å². The molecule has 1 amide bonds. The number of nitrogens with one attached hydrogen (secondary N) is 1. The second-order valence-electron chi connectivity index (χ2n) is 5.68. The summed E-state index contributed by atoms with van der Waals surface area (Å²) in [6.07, 6.45) is 0.0611. The van der Waals surface area contributed by atoms with E-state index in [0.717, 1.165) is 26.3 Å². The molecule has 1 fully saturated rings. The number of rotatable bonds is 8. The zero-order valence-electron chi connectivity index (χ0n) is 13.7. The molecule has 0 saturated carbocycles. The first-order valence-corrected chi connectivity index (χ1v) is 8.11. The number of carbonyl (C=O) groups excluding carboxylic acids is 1. The summed E-state index contributed by atoms with van der Waals surface area (Å²) in [5.41, 5.74) is 6.77. The van der Waals surface area contributed by atoms with E-state index >= 15 is 0 Å². The molecule has 2 rings (SSSR count). The van der Waals surface area contributed by atoms with Crippen LogP contribution >= 0.6 is 0 Å². The first-order chi connectivity index (χ1) is 11.2. The second kappa shape index (κ2) is 9.62. The van der Waals surface area contributed by atoms with Crippen LogP contribution < -0.4 is 11.1 Å². The minimum absolute atomic E-state index is 0.0310. The number of carbonyl (C=O) groups is 1. The largest absolute Gasteiger partial charge is 0.380 e. The van der Waals surface area contributed by atoms with Gasteiger partial charge in [-0.3, -0.25) is 9.69 Å². The number of hydrogen-bond acceptors (Lipinski definition) is 5. The van der Waals surface area contributed by atoms with Gasteiger partial charge in [-0.2, -0.15) is 0 Å². The summed E-state index contributed by atoms with van der Waals surface area (Å²) in [4.78, 5) is 14.5. The van der Waals surface area contributed by atoms with Crippen LogP contribution in [0.2, 0.25) is 0 Å². The van der Waals surface area contributed by atoms with Gasteiger partial charge in [0.1, 0.15) is 0 Å². The van der Waals surface area contributed by atoms with E-state index in [-0.39, 0.29) is 24.5 Å². The summed E-state index contributed by atoms with van der Waals surface area (Å²) >= 11 is 0. The fourth-order valence-electron chi connectivity index (χ4n) is 2.77. The SMILES string of the molecule is COC(CN)CC(=O)NCC(c1ccccc1)N1CCOCC1. The Labute approximate surface area is 137 Å². The average molecular weight is 321 g/mol. The third kappa shape index (κ3) is 5.58. The molecule has 2 unspecified atom stereocenters. The lowest BCUT2D eigenvalue weighted by molar-refractivity contribution is -0.123. The molecule has 0 aromatic heterocycles. The van der Waals surface area contributed by atoms with Gasteiger partial charge in [0.25, 0.3) is 0 Å². The van der Waals surface area contributed by atoms with Crippen molar-refractivity contribution in [3.63, 3.8) is 0 Å². The molecule has 0 spiro atoms. The number of morpholine rings is 1. The lowest BCUT2D eigenvalue weighted by Crippen LogP contribution is -2.44. The van der Waals surface area contributed by atoms with Crippen molar-refractivity contribution in [1.82, 2.24) is 10.2 Å². The second-order valence-corrected chi connectivity index (χ2v) is 5.68. The first-order valence-electron chi connectivity index (χ1n) is 8.11. The van der Waals surface area contributed by atoms with Gasteiger partial charge in [-0.05, 0) is 5.56 Å². The van der Waals surface area contributed by atoms with Crippen LogP contribution in [0, 0.1) is 0 Å². The number of hydrogen-bond donors (Lipinski definition) is 2. The molecule has 3 N–H and O–H groups in total. The van der Waals surface area contributed by atoms with E-state index in [1.807, 2.05) is 18.2 Å². The molecule has 2 atom stereocenters. The zero-order chi connectivity index (χ0) is 16.5. The average Bonchev–Trinajstić information content (AvgIpc) is 2.61. The highest BCUT2D eigenvalue weighted by Crippen LogP contribution is 2.21. The fourth-order valence-corrected chi connectivity index (χ4v) is 2.77. The molecule has 0 bridgehead atoms. The molecule has 0 aliphatic carbocycles. The highest BCUT2D eigenvalue weighted by molar-refractivity contribution is 5.76. The van der Waals surface area contributed by atoms with Crippen molar-refractivity contribution in [3.05, 3.63) is 35.9 Å². The van der Waals surface area contributed by atoms with Gasteiger partial charge < -0.3 is 20.5 Å². The van der Waals surface area contributed by atoms with Gasteiger partial charge in [0.05, 0.1) is 31.8 Å². The lowest BCUT2D eigenvalue weighted by Gasteiger charge is -2.35. The molecule has 6 heteroatoms. The maximum Gasteiger partial charge on any atom is 0.222 e. The molecular weight excluding hydrogens is 294 g/mol. The van der Waals surface area contributed by atoms with E-state index in [0.29, 0.717) is 13.1 Å². The van der Waals surface area contributed by atoms with E-state index < -0.39 is 0 Å². The number of ether oxygens (including phenoxy) is 2. The summed E-state index contributed by atoms with van der Waals surface area (Å²) in [7, 11) is 1.57. The molecule has 1 aliphatic heterocycles. The smallest absolute Gasteiger partial charge is 0.222 e. The van der Waals surface area contributed by atoms with E-state index in [9.17, 15) is 4.79 Å². The molecule has 23 heavy (non-hydrogen) atoms. The van der Waals surface area contributed by atoms with Crippen LogP contribution in [-0.2, 0) is 14.3 Å². The Hall–Kier alpha value is -1.47. The molecule has 1 heterocycles. The van der Waals surface area contributed by atoms with E-state index in [1.165, 1.54) is 5.56 Å². The van der Waals surface area contributed by atoms with E-state index in [4.69, 9.17) is 15.2 Å². The molecule has 128 valence electrons. The van der Waals surface area contributed by atoms with Crippen LogP contribution in [0.1, 0.15) is 18.0 Å². The molecule has 1 saturated heterocycles. The minimum Gasteiger partial charge on any atom is -0.380 e. The van der Waals surface area contributed by atoms with Crippen LogP contribution in [0.4, 0.5) is 0 Å². The third-order valence-electron chi connectivity index (χ3n) is 4.17. The van der Waals surface area contributed by atoms with Gasteiger partial charge in [0, 0.05) is 33.3 Å². The van der Waals surface area contributed by atoms with Crippen molar-refractivity contribution in [2.75, 3.05) is 46.5 Å². The molecule has 0 radical (unpaired) electrons. The van der Waals surface area contributed by atoms with E-state index in [2.05, 4.69) is 22.3 Å². The van der Waals surface area contributed by atoms with Crippen molar-refractivity contribution >= 4 is 5.91 Å². The summed E-state index contributed by atoms with van der Waals surface area (Å²) < 4.78 is 10.6. The summed E-state index contributed by atoms with van der Waals surface area (Å²) in [5.74, 6) is -0.0310. The maximum atomic E-state index is 12.1. The van der Waals surface area contributed by atoms with Crippen molar-refractivity contribution in [3.8, 4) is 0 Å². The first kappa shape index (κ1) is 17.9. The third-order valence-corrected chi connectivity index (χ3v) is 4.17. The predicted octanol–water partition coefficient (Wildman–Crippen LogP) is 0.540. The van der Waals surface area contributed by atoms with Crippen molar-refractivity contribution in [1.29, 1.82) is 0 Å². The number of amides is 1. The molecule has 1 aliphatic rings. The molecular formula is C17H27N3O3. The van der Waals surface area contributed by atoms with Gasteiger partial charge >= 0.3 is 0 Å². The number of benzene rings is 1. The Bertz CT molecular complexity index is 459. The monoisotopic (exact) mass is 321 g/mol. The van der Waals surface area contributed by atoms with Gasteiger partial charge in [-0.25, -0.2) is 0 Å². The lowest BCUT2D eigenvalue weighted by atomic mass is 10.0. The zero-order valence-corrected chi connectivity index (χ0v) is 13.7. The van der Waals surface area contributed by atoms with Crippen molar-refractivity contribution in [2.45, 2.75) is 18.6 Å². The van der Waals surface area contributed by atoms with Gasteiger partial charge in [-0.15, -0.1) is 0 Å². The van der Waals surface area contributed by atoms with E-state index in [1.54, 1.807) is 7.11 Å². The summed E-state index contributed by atoms with van der Waals surface area (Å²) in [6, 6.07) is 10.4. The highest BCUT2D eigenvalue weighted by Gasteiger charge is 2.23. The van der Waals surface area contributed by atoms with Crippen LogP contribution in [0.5, 0.6) is 0 Å². The summed E-state index contributed by atoms with van der Waals surface area (Å²) in [5, 5.41) is 3.02. The molecule has 6 nitrogen and oxygen atoms in total. The Morgan fingerprint density at radius 1 is 1.35 bits per heavy atom. The predicted molar refractivity (Wildman–Crippen MR) is 89.1 cm³/mol. The number of methoxy groups -OCH3 is 1. The van der Waals surface area contributed by atoms with Crippen LogP contribution in [0.25, 0.3) is 0 Å².